The quantitative estimate of drug-likeness (QED) is 0.372. The first-order chi connectivity index (χ1) is 16.6. The molecule has 166 valence electrons. The van der Waals surface area contributed by atoms with Gasteiger partial charge in [0.15, 0.2) is 0 Å². The molecule has 0 radical (unpaired) electrons. The minimum atomic E-state index is -1.40. The van der Waals surface area contributed by atoms with Crippen molar-refractivity contribution in [3.8, 4) is 0 Å². The largest absolute Gasteiger partial charge is 0.350 e. The molecule has 0 saturated heterocycles. The Bertz CT molecular complexity index is 1420. The molecule has 34 heavy (non-hydrogen) atoms. The highest BCUT2D eigenvalue weighted by Gasteiger charge is 2.59. The zero-order valence-corrected chi connectivity index (χ0v) is 19.7. The molecule has 2 amide bonds. The molecule has 4 aromatic rings. The van der Waals surface area contributed by atoms with Crippen LogP contribution in [0.15, 0.2) is 108 Å². The number of carbonyl (C=O) groups is 2. The van der Waals surface area contributed by atoms with E-state index in [0.717, 1.165) is 21.3 Å². The second kappa shape index (κ2) is 7.85. The smallest absolute Gasteiger partial charge is 0.279 e. The Kier molecular flexibility index (Phi) is 4.78. The fourth-order valence-corrected chi connectivity index (χ4v) is 5.16. The monoisotopic (exact) mass is 509 g/mol. The van der Waals surface area contributed by atoms with E-state index < -0.39 is 5.66 Å². The van der Waals surface area contributed by atoms with E-state index in [9.17, 15) is 9.59 Å². The van der Waals surface area contributed by atoms with Gasteiger partial charge in [0.25, 0.3) is 11.8 Å². The third-order valence-corrected chi connectivity index (χ3v) is 6.95. The summed E-state index contributed by atoms with van der Waals surface area (Å²) in [6.45, 7) is 0.407. The molecule has 4 aromatic carbocycles. The highest BCUT2D eigenvalue weighted by atomic mass is 79.9. The standard InChI is InChI=1S/C28H20BrN3O2/c29-20-14-16-21(17-15-20)32-26(33)22-10-4-6-12-24(22)30-28(32)23-11-5-7-13-25(23)31(27(28)34)18-19-8-2-1-3-9-19/h1-17,30H,18H2. The average Bonchev–Trinajstić information content (AvgIpc) is 3.09. The third-order valence-electron chi connectivity index (χ3n) is 6.42. The maximum Gasteiger partial charge on any atom is 0.279 e. The molecule has 5 nitrogen and oxygen atoms in total. The summed E-state index contributed by atoms with van der Waals surface area (Å²) in [6, 6.07) is 32.4. The molecule has 0 aromatic heterocycles. The van der Waals surface area contributed by atoms with Crippen LogP contribution in [0.3, 0.4) is 0 Å². The van der Waals surface area contributed by atoms with E-state index in [1.54, 1.807) is 15.9 Å². The van der Waals surface area contributed by atoms with Gasteiger partial charge in [0.1, 0.15) is 0 Å². The molecule has 1 atom stereocenters. The summed E-state index contributed by atoms with van der Waals surface area (Å²) in [7, 11) is 0. The molecule has 2 heterocycles. The van der Waals surface area contributed by atoms with Gasteiger partial charge in [-0.2, -0.15) is 0 Å². The topological polar surface area (TPSA) is 52.7 Å². The van der Waals surface area contributed by atoms with Gasteiger partial charge in [-0.15, -0.1) is 0 Å². The fraction of sp³-hybridized carbons (Fsp3) is 0.0714. The zero-order valence-electron chi connectivity index (χ0n) is 18.1. The van der Waals surface area contributed by atoms with E-state index in [2.05, 4.69) is 21.2 Å². The number of amides is 2. The van der Waals surface area contributed by atoms with Crippen molar-refractivity contribution in [3.05, 3.63) is 124 Å². The van der Waals surface area contributed by atoms with Crippen LogP contribution >= 0.6 is 15.9 Å². The maximum absolute atomic E-state index is 14.4. The molecule has 1 N–H and O–H groups in total. The van der Waals surface area contributed by atoms with E-state index in [1.807, 2.05) is 97.1 Å². The summed E-state index contributed by atoms with van der Waals surface area (Å²) in [5.74, 6) is -0.412. The maximum atomic E-state index is 14.4. The van der Waals surface area contributed by atoms with E-state index in [4.69, 9.17) is 0 Å². The molecule has 0 fully saturated rings. The van der Waals surface area contributed by atoms with Gasteiger partial charge in [0.2, 0.25) is 5.66 Å². The lowest BCUT2D eigenvalue weighted by molar-refractivity contribution is -0.122. The van der Waals surface area contributed by atoms with Crippen LogP contribution in [-0.2, 0) is 17.0 Å². The Hall–Kier alpha value is -3.90. The Morgan fingerprint density at radius 3 is 2.24 bits per heavy atom. The van der Waals surface area contributed by atoms with Gasteiger partial charge >= 0.3 is 0 Å². The molecule has 2 aliphatic rings. The summed E-state index contributed by atoms with van der Waals surface area (Å²) in [5.41, 5.74) is 2.97. The number of hydrogen-bond acceptors (Lipinski definition) is 3. The van der Waals surface area contributed by atoms with Crippen molar-refractivity contribution in [1.29, 1.82) is 0 Å². The van der Waals surface area contributed by atoms with Crippen LogP contribution in [-0.4, -0.2) is 11.8 Å². The highest BCUT2D eigenvalue weighted by molar-refractivity contribution is 9.10. The summed E-state index contributed by atoms with van der Waals surface area (Å²) < 4.78 is 0.895. The fourth-order valence-electron chi connectivity index (χ4n) is 4.90. The summed E-state index contributed by atoms with van der Waals surface area (Å²) in [5, 5.41) is 3.49. The van der Waals surface area contributed by atoms with Crippen LogP contribution in [0.2, 0.25) is 0 Å². The van der Waals surface area contributed by atoms with E-state index in [-0.39, 0.29) is 11.8 Å². The van der Waals surface area contributed by atoms with Crippen molar-refractivity contribution in [2.75, 3.05) is 15.1 Å². The minimum absolute atomic E-state index is 0.191. The first-order valence-electron chi connectivity index (χ1n) is 11.0. The molecule has 0 saturated carbocycles. The van der Waals surface area contributed by atoms with Crippen LogP contribution in [0, 0.1) is 0 Å². The molecular weight excluding hydrogens is 490 g/mol. The predicted molar refractivity (Wildman–Crippen MR) is 137 cm³/mol. The zero-order chi connectivity index (χ0) is 23.3. The van der Waals surface area contributed by atoms with Crippen LogP contribution in [0.1, 0.15) is 21.5 Å². The van der Waals surface area contributed by atoms with E-state index in [0.29, 0.717) is 23.5 Å². The SMILES string of the molecule is O=C1c2ccccc2NC2(C(=O)N(Cc3ccccc3)c3ccccc32)N1c1ccc(Br)cc1. The third kappa shape index (κ3) is 2.99. The summed E-state index contributed by atoms with van der Waals surface area (Å²) in [4.78, 5) is 31.8. The van der Waals surface area contributed by atoms with E-state index in [1.165, 1.54) is 0 Å². The molecular formula is C28H20BrN3O2. The number of anilines is 3. The van der Waals surface area contributed by atoms with Gasteiger partial charge in [0, 0.05) is 21.4 Å². The van der Waals surface area contributed by atoms with Gasteiger partial charge in [0.05, 0.1) is 17.8 Å². The van der Waals surface area contributed by atoms with Gasteiger partial charge in [-0.1, -0.05) is 76.6 Å². The predicted octanol–water partition coefficient (Wildman–Crippen LogP) is 5.92. The Morgan fingerprint density at radius 1 is 0.765 bits per heavy atom. The number of nitrogens with zero attached hydrogens (tertiary/aromatic N) is 2. The second-order valence-electron chi connectivity index (χ2n) is 8.39. The van der Waals surface area contributed by atoms with Gasteiger partial charge in [-0.05, 0) is 48.0 Å². The Balaban J connectivity index is 1.58. The van der Waals surface area contributed by atoms with Gasteiger partial charge in [-0.25, -0.2) is 0 Å². The number of hydrogen-bond donors (Lipinski definition) is 1. The number of fused-ring (bicyclic) bond motifs is 3. The van der Waals surface area contributed by atoms with Crippen molar-refractivity contribution < 1.29 is 9.59 Å². The highest BCUT2D eigenvalue weighted by Crippen LogP contribution is 2.50. The number of carbonyl (C=O) groups excluding carboxylic acids is 2. The Labute approximate surface area is 205 Å². The van der Waals surface area contributed by atoms with Crippen LogP contribution in [0.25, 0.3) is 0 Å². The first-order valence-corrected chi connectivity index (χ1v) is 11.8. The lowest BCUT2D eigenvalue weighted by Gasteiger charge is -2.45. The van der Waals surface area contributed by atoms with Crippen LogP contribution in [0.4, 0.5) is 17.1 Å². The van der Waals surface area contributed by atoms with Crippen molar-refractivity contribution in [2.45, 2.75) is 12.2 Å². The Morgan fingerprint density at radius 2 is 1.44 bits per heavy atom. The van der Waals surface area contributed by atoms with Crippen LogP contribution in [0.5, 0.6) is 0 Å². The number of rotatable bonds is 3. The minimum Gasteiger partial charge on any atom is -0.350 e. The number of nitrogens with one attached hydrogen (secondary N) is 1. The number of benzene rings is 4. The van der Waals surface area contributed by atoms with Crippen molar-refractivity contribution in [3.63, 3.8) is 0 Å². The van der Waals surface area contributed by atoms with Gasteiger partial charge in [-0.3, -0.25) is 14.5 Å². The number of halogens is 1. The normalized spacial score (nSPS) is 18.6. The summed E-state index contributed by atoms with van der Waals surface area (Å²) in [6.07, 6.45) is 0. The molecule has 1 spiro atoms. The van der Waals surface area contributed by atoms with Crippen molar-refractivity contribution in [2.24, 2.45) is 0 Å². The van der Waals surface area contributed by atoms with Crippen molar-refractivity contribution in [1.82, 2.24) is 0 Å². The molecule has 6 rings (SSSR count). The van der Waals surface area contributed by atoms with Crippen molar-refractivity contribution >= 4 is 44.8 Å². The number of para-hydroxylation sites is 2. The van der Waals surface area contributed by atoms with E-state index >= 15 is 0 Å². The molecule has 1 unspecified atom stereocenters. The molecule has 0 aliphatic carbocycles. The first kappa shape index (κ1) is 20.7. The average molecular weight is 510 g/mol. The molecule has 6 heteroatoms. The summed E-state index contributed by atoms with van der Waals surface area (Å²) >= 11 is 3.48. The second-order valence-corrected chi connectivity index (χ2v) is 9.31. The molecule has 2 aliphatic heterocycles. The van der Waals surface area contributed by atoms with Crippen LogP contribution < -0.4 is 15.1 Å². The molecule has 0 bridgehead atoms. The lowest BCUT2D eigenvalue weighted by Crippen LogP contribution is -2.63. The lowest BCUT2D eigenvalue weighted by atomic mass is 9.92. The van der Waals surface area contributed by atoms with Gasteiger partial charge < -0.3 is 10.2 Å².